The Morgan fingerprint density at radius 2 is 2.06 bits per heavy atom. The van der Waals surface area contributed by atoms with Crippen molar-refractivity contribution in [3.63, 3.8) is 0 Å². The maximum absolute atomic E-state index is 13.9. The topological polar surface area (TPSA) is 29.5 Å². The van der Waals surface area contributed by atoms with Gasteiger partial charge >= 0.3 is 0 Å². The van der Waals surface area contributed by atoms with E-state index in [0.717, 1.165) is 0 Å². The Kier molecular flexibility index (Phi) is 4.74. The molecular weight excluding hydrogens is 275 g/mol. The number of aliphatic hydroxyl groups excluding tert-OH is 1. The molecule has 1 rings (SSSR count). The van der Waals surface area contributed by atoms with E-state index in [1.54, 1.807) is 6.07 Å². The first-order valence-corrected chi connectivity index (χ1v) is 5.96. The fourth-order valence-electron chi connectivity index (χ4n) is 1.58. The first-order valence-electron chi connectivity index (χ1n) is 5.17. The number of rotatable bonds is 4. The van der Waals surface area contributed by atoms with E-state index in [1.165, 1.54) is 13.2 Å². The summed E-state index contributed by atoms with van der Waals surface area (Å²) >= 11 is 3.25. The number of benzene rings is 1. The van der Waals surface area contributed by atoms with Crippen LogP contribution in [0.2, 0.25) is 0 Å². The lowest BCUT2D eigenvalue weighted by atomic mass is 9.99. The molecule has 0 aliphatic rings. The number of hydrogen-bond donors (Lipinski definition) is 1. The number of aliphatic hydroxyl groups is 1. The highest BCUT2D eigenvalue weighted by molar-refractivity contribution is 9.10. The molecule has 1 aromatic carbocycles. The van der Waals surface area contributed by atoms with E-state index in [-0.39, 0.29) is 11.3 Å². The molecule has 0 radical (unpaired) electrons. The summed E-state index contributed by atoms with van der Waals surface area (Å²) in [5.41, 5.74) is 0.271. The number of ether oxygens (including phenoxy) is 1. The molecule has 1 unspecified atom stereocenters. The van der Waals surface area contributed by atoms with E-state index in [1.807, 2.05) is 13.8 Å². The van der Waals surface area contributed by atoms with Crippen molar-refractivity contribution in [1.82, 2.24) is 0 Å². The summed E-state index contributed by atoms with van der Waals surface area (Å²) in [6.07, 6.45) is -0.299. The normalized spacial score (nSPS) is 12.9. The first-order chi connectivity index (χ1) is 7.47. The average Bonchev–Trinajstić information content (AvgIpc) is 2.16. The molecule has 0 amide bonds. The van der Waals surface area contributed by atoms with Crippen LogP contribution >= 0.6 is 15.9 Å². The van der Waals surface area contributed by atoms with Gasteiger partial charge in [0.2, 0.25) is 0 Å². The molecule has 0 heterocycles. The Hall–Kier alpha value is -0.610. The summed E-state index contributed by atoms with van der Waals surface area (Å²) in [5, 5.41) is 9.95. The molecule has 4 heteroatoms. The SMILES string of the molecule is COc1ccc(Br)c(C(O)CC(C)C)c1F. The van der Waals surface area contributed by atoms with Crippen molar-refractivity contribution in [2.45, 2.75) is 26.4 Å². The second-order valence-electron chi connectivity index (χ2n) is 4.12. The van der Waals surface area contributed by atoms with Crippen molar-refractivity contribution in [2.75, 3.05) is 7.11 Å². The van der Waals surface area contributed by atoms with Crippen LogP contribution in [0.25, 0.3) is 0 Å². The molecule has 0 fully saturated rings. The van der Waals surface area contributed by atoms with Gasteiger partial charge in [0.1, 0.15) is 0 Å². The standard InChI is InChI=1S/C12H16BrFO2/c1-7(2)6-9(15)11-8(13)4-5-10(16-3)12(11)14/h4-5,7,9,15H,6H2,1-3H3. The van der Waals surface area contributed by atoms with Gasteiger partial charge in [-0.3, -0.25) is 0 Å². The van der Waals surface area contributed by atoms with E-state index in [9.17, 15) is 9.50 Å². The minimum absolute atomic E-state index is 0.154. The van der Waals surface area contributed by atoms with Crippen molar-refractivity contribution in [1.29, 1.82) is 0 Å². The van der Waals surface area contributed by atoms with Crippen molar-refractivity contribution in [3.05, 3.63) is 28.0 Å². The highest BCUT2D eigenvalue weighted by Crippen LogP contribution is 2.34. The van der Waals surface area contributed by atoms with E-state index >= 15 is 0 Å². The molecule has 0 saturated carbocycles. The Bertz CT molecular complexity index is 366. The van der Waals surface area contributed by atoms with Gasteiger partial charge in [0.25, 0.3) is 0 Å². The van der Waals surface area contributed by atoms with Crippen molar-refractivity contribution in [3.8, 4) is 5.75 Å². The lowest BCUT2D eigenvalue weighted by molar-refractivity contribution is 0.145. The highest BCUT2D eigenvalue weighted by atomic mass is 79.9. The van der Waals surface area contributed by atoms with Crippen LogP contribution in [0.4, 0.5) is 4.39 Å². The first kappa shape index (κ1) is 13.5. The Labute approximate surface area is 104 Å². The molecule has 0 saturated heterocycles. The van der Waals surface area contributed by atoms with Crippen LogP contribution in [-0.2, 0) is 0 Å². The van der Waals surface area contributed by atoms with Gasteiger partial charge in [-0.2, -0.15) is 0 Å². The van der Waals surface area contributed by atoms with Gasteiger partial charge in [0.05, 0.1) is 13.2 Å². The van der Waals surface area contributed by atoms with Gasteiger partial charge in [0.15, 0.2) is 11.6 Å². The summed E-state index contributed by atoms with van der Waals surface area (Å²) in [6, 6.07) is 3.21. The summed E-state index contributed by atoms with van der Waals surface area (Å²) in [5.74, 6) is -0.0430. The maximum Gasteiger partial charge on any atom is 0.171 e. The second kappa shape index (κ2) is 5.64. The molecular formula is C12H16BrFO2. The third-order valence-electron chi connectivity index (χ3n) is 2.34. The number of hydrogen-bond acceptors (Lipinski definition) is 2. The lowest BCUT2D eigenvalue weighted by Crippen LogP contribution is -2.06. The van der Waals surface area contributed by atoms with Gasteiger partial charge in [-0.25, -0.2) is 4.39 Å². The number of halogens is 2. The molecule has 0 aliphatic heterocycles. The average molecular weight is 291 g/mol. The summed E-state index contributed by atoms with van der Waals surface area (Å²) in [7, 11) is 1.41. The molecule has 1 aromatic rings. The van der Waals surface area contributed by atoms with Crippen molar-refractivity contribution < 1.29 is 14.2 Å². The number of methoxy groups -OCH3 is 1. The van der Waals surface area contributed by atoms with E-state index in [4.69, 9.17) is 4.74 Å². The summed E-state index contributed by atoms with van der Waals surface area (Å²) in [4.78, 5) is 0. The summed E-state index contributed by atoms with van der Waals surface area (Å²) in [6.45, 7) is 3.96. The van der Waals surface area contributed by atoms with E-state index in [0.29, 0.717) is 16.8 Å². The second-order valence-corrected chi connectivity index (χ2v) is 4.98. The Morgan fingerprint density at radius 3 is 2.56 bits per heavy atom. The van der Waals surface area contributed by atoms with Gasteiger partial charge in [-0.05, 0) is 24.5 Å². The molecule has 0 spiro atoms. The summed E-state index contributed by atoms with van der Waals surface area (Å²) < 4.78 is 19.4. The van der Waals surface area contributed by atoms with Gasteiger partial charge < -0.3 is 9.84 Å². The zero-order valence-electron chi connectivity index (χ0n) is 9.63. The molecule has 90 valence electrons. The predicted molar refractivity (Wildman–Crippen MR) is 65.1 cm³/mol. The fourth-order valence-corrected chi connectivity index (χ4v) is 2.15. The van der Waals surface area contributed by atoms with Crippen LogP contribution in [0.15, 0.2) is 16.6 Å². The largest absolute Gasteiger partial charge is 0.494 e. The smallest absolute Gasteiger partial charge is 0.171 e. The molecule has 1 atom stereocenters. The molecule has 0 aliphatic carbocycles. The van der Waals surface area contributed by atoms with Crippen LogP contribution in [0.1, 0.15) is 31.9 Å². The van der Waals surface area contributed by atoms with E-state index < -0.39 is 11.9 Å². The van der Waals surface area contributed by atoms with Crippen molar-refractivity contribution in [2.24, 2.45) is 5.92 Å². The Balaban J connectivity index is 3.10. The third-order valence-corrected chi connectivity index (χ3v) is 3.03. The third kappa shape index (κ3) is 2.95. The van der Waals surface area contributed by atoms with Crippen LogP contribution in [0.5, 0.6) is 5.75 Å². The molecule has 16 heavy (non-hydrogen) atoms. The monoisotopic (exact) mass is 290 g/mol. The van der Waals surface area contributed by atoms with Crippen LogP contribution in [-0.4, -0.2) is 12.2 Å². The maximum atomic E-state index is 13.9. The highest BCUT2D eigenvalue weighted by Gasteiger charge is 2.20. The van der Waals surface area contributed by atoms with Crippen LogP contribution in [0, 0.1) is 11.7 Å². The lowest BCUT2D eigenvalue weighted by Gasteiger charge is -2.17. The molecule has 1 N–H and O–H groups in total. The Morgan fingerprint density at radius 1 is 1.44 bits per heavy atom. The minimum atomic E-state index is -0.815. The zero-order valence-corrected chi connectivity index (χ0v) is 11.2. The van der Waals surface area contributed by atoms with Crippen LogP contribution in [0.3, 0.4) is 0 Å². The predicted octanol–water partition coefficient (Wildman–Crippen LogP) is 3.68. The molecule has 0 bridgehead atoms. The van der Waals surface area contributed by atoms with Gasteiger partial charge in [0, 0.05) is 10.0 Å². The van der Waals surface area contributed by atoms with Crippen LogP contribution < -0.4 is 4.74 Å². The molecule has 2 nitrogen and oxygen atoms in total. The quantitative estimate of drug-likeness (QED) is 0.917. The molecule has 0 aromatic heterocycles. The van der Waals surface area contributed by atoms with E-state index in [2.05, 4.69) is 15.9 Å². The van der Waals surface area contributed by atoms with Gasteiger partial charge in [-0.15, -0.1) is 0 Å². The van der Waals surface area contributed by atoms with Crippen molar-refractivity contribution >= 4 is 15.9 Å². The van der Waals surface area contributed by atoms with Gasteiger partial charge in [-0.1, -0.05) is 29.8 Å². The minimum Gasteiger partial charge on any atom is -0.494 e. The fraction of sp³-hybridized carbons (Fsp3) is 0.500. The zero-order chi connectivity index (χ0) is 12.3.